The highest BCUT2D eigenvalue weighted by Gasteiger charge is 2.29. The molecule has 1 rings (SSSR count). The van der Waals surface area contributed by atoms with Crippen molar-refractivity contribution in [1.29, 1.82) is 5.26 Å². The third-order valence-electron chi connectivity index (χ3n) is 2.72. The molecule has 1 aliphatic rings. The van der Waals surface area contributed by atoms with Crippen LogP contribution >= 0.6 is 0 Å². The standard InChI is InChI=1S/C9H15N.C2H4O2/c1-2-9(8-10)6-4-3-5-7-9;1-2(3)4/h2-7H2,1H3;1H3,(H,3,4). The van der Waals surface area contributed by atoms with E-state index in [1.807, 2.05) is 0 Å². The monoisotopic (exact) mass is 197 g/mol. The Morgan fingerprint density at radius 3 is 2.07 bits per heavy atom. The Morgan fingerprint density at radius 2 is 1.86 bits per heavy atom. The summed E-state index contributed by atoms with van der Waals surface area (Å²) in [5, 5.41) is 16.3. The van der Waals surface area contributed by atoms with Gasteiger partial charge in [0.1, 0.15) is 0 Å². The Hall–Kier alpha value is -1.04. The Morgan fingerprint density at radius 1 is 1.43 bits per heavy atom. The van der Waals surface area contributed by atoms with Gasteiger partial charge >= 0.3 is 0 Å². The minimum absolute atomic E-state index is 0.0677. The van der Waals surface area contributed by atoms with Gasteiger partial charge in [0.05, 0.1) is 11.5 Å². The van der Waals surface area contributed by atoms with Crippen LogP contribution < -0.4 is 0 Å². The molecule has 0 spiro atoms. The van der Waals surface area contributed by atoms with Crippen LogP contribution in [-0.2, 0) is 4.79 Å². The van der Waals surface area contributed by atoms with Gasteiger partial charge in [0.25, 0.3) is 5.97 Å². The summed E-state index contributed by atoms with van der Waals surface area (Å²) in [6.07, 6.45) is 7.19. The summed E-state index contributed by atoms with van der Waals surface area (Å²) < 4.78 is 0. The molecule has 0 aromatic carbocycles. The molecular formula is C11H19NO2. The average molecular weight is 197 g/mol. The van der Waals surface area contributed by atoms with Gasteiger partial charge in [-0.25, -0.2) is 0 Å². The van der Waals surface area contributed by atoms with Gasteiger partial charge in [-0.05, 0) is 19.3 Å². The van der Waals surface area contributed by atoms with Crippen LogP contribution in [0.15, 0.2) is 0 Å². The first-order valence-electron chi connectivity index (χ1n) is 5.17. The number of carboxylic acids is 1. The van der Waals surface area contributed by atoms with E-state index >= 15 is 0 Å². The summed E-state index contributed by atoms with van der Waals surface area (Å²) in [4.78, 5) is 9.00. The molecule has 0 unspecified atom stereocenters. The Balaban J connectivity index is 0.000000364. The maximum atomic E-state index is 9.00. The van der Waals surface area contributed by atoms with Crippen molar-refractivity contribution < 1.29 is 9.90 Å². The summed E-state index contributed by atoms with van der Waals surface area (Å²) in [6, 6.07) is 2.47. The minimum Gasteiger partial charge on any atom is -0.481 e. The number of aliphatic carboxylic acids is 1. The smallest absolute Gasteiger partial charge is 0.300 e. The van der Waals surface area contributed by atoms with E-state index in [-0.39, 0.29) is 5.41 Å². The number of hydrogen-bond donors (Lipinski definition) is 1. The third-order valence-corrected chi connectivity index (χ3v) is 2.72. The van der Waals surface area contributed by atoms with Crippen LogP contribution in [0, 0.1) is 16.7 Å². The molecule has 14 heavy (non-hydrogen) atoms. The highest BCUT2D eigenvalue weighted by Crippen LogP contribution is 2.38. The van der Waals surface area contributed by atoms with E-state index in [0.717, 1.165) is 26.2 Å². The number of carboxylic acid groups (broad SMARTS) is 1. The van der Waals surface area contributed by atoms with Gasteiger partial charge < -0.3 is 5.11 Å². The Bertz CT molecular complexity index is 208. The van der Waals surface area contributed by atoms with E-state index in [4.69, 9.17) is 15.2 Å². The molecule has 0 aromatic rings. The second kappa shape index (κ2) is 6.42. The number of nitrogens with zero attached hydrogens (tertiary/aromatic N) is 1. The van der Waals surface area contributed by atoms with Gasteiger partial charge in [0.15, 0.2) is 0 Å². The Kier molecular flexibility index (Phi) is 5.94. The topological polar surface area (TPSA) is 61.1 Å². The van der Waals surface area contributed by atoms with Gasteiger partial charge in [-0.2, -0.15) is 5.26 Å². The highest BCUT2D eigenvalue weighted by atomic mass is 16.4. The van der Waals surface area contributed by atoms with Crippen LogP contribution in [0.2, 0.25) is 0 Å². The fraction of sp³-hybridized carbons (Fsp3) is 0.818. The van der Waals surface area contributed by atoms with Crippen LogP contribution in [0.5, 0.6) is 0 Å². The number of rotatable bonds is 1. The second-order valence-electron chi connectivity index (χ2n) is 3.83. The van der Waals surface area contributed by atoms with E-state index in [2.05, 4.69) is 13.0 Å². The fourth-order valence-corrected chi connectivity index (χ4v) is 1.77. The van der Waals surface area contributed by atoms with Gasteiger partial charge in [0, 0.05) is 6.92 Å². The maximum Gasteiger partial charge on any atom is 0.300 e. The van der Waals surface area contributed by atoms with Crippen molar-refractivity contribution in [2.24, 2.45) is 5.41 Å². The zero-order chi connectivity index (χ0) is 11.0. The van der Waals surface area contributed by atoms with Gasteiger partial charge in [-0.3, -0.25) is 4.79 Å². The van der Waals surface area contributed by atoms with Gasteiger partial charge in [-0.1, -0.05) is 26.2 Å². The zero-order valence-electron chi connectivity index (χ0n) is 9.05. The number of carbonyl (C=O) groups is 1. The lowest BCUT2D eigenvalue weighted by Gasteiger charge is -2.28. The minimum atomic E-state index is -0.833. The van der Waals surface area contributed by atoms with Crippen LogP contribution in [0.4, 0.5) is 0 Å². The molecule has 0 atom stereocenters. The van der Waals surface area contributed by atoms with E-state index in [1.165, 1.54) is 19.3 Å². The van der Waals surface area contributed by atoms with E-state index in [9.17, 15) is 0 Å². The first-order chi connectivity index (χ1) is 6.56. The molecule has 1 N–H and O–H groups in total. The SMILES string of the molecule is CC(=O)O.CCC1(C#N)CCCCC1. The van der Waals surface area contributed by atoms with Crippen LogP contribution in [0.3, 0.4) is 0 Å². The van der Waals surface area contributed by atoms with Crippen molar-refractivity contribution in [2.75, 3.05) is 0 Å². The fourth-order valence-electron chi connectivity index (χ4n) is 1.77. The van der Waals surface area contributed by atoms with Crippen molar-refractivity contribution in [3.8, 4) is 6.07 Å². The summed E-state index contributed by atoms with van der Waals surface area (Å²) in [5.41, 5.74) is 0.0677. The van der Waals surface area contributed by atoms with Gasteiger partial charge in [0.2, 0.25) is 0 Å². The average Bonchev–Trinajstić information content (AvgIpc) is 2.18. The summed E-state index contributed by atoms with van der Waals surface area (Å²) in [5.74, 6) is -0.833. The largest absolute Gasteiger partial charge is 0.481 e. The predicted octanol–water partition coefficient (Wildman–Crippen LogP) is 2.96. The zero-order valence-corrected chi connectivity index (χ0v) is 9.05. The molecule has 0 aliphatic heterocycles. The summed E-state index contributed by atoms with van der Waals surface area (Å²) in [7, 11) is 0. The summed E-state index contributed by atoms with van der Waals surface area (Å²) in [6.45, 7) is 3.22. The maximum absolute atomic E-state index is 9.00. The molecule has 0 bridgehead atoms. The molecule has 1 saturated carbocycles. The molecule has 1 aliphatic carbocycles. The van der Waals surface area contributed by atoms with Crippen molar-refractivity contribution in [3.05, 3.63) is 0 Å². The van der Waals surface area contributed by atoms with E-state index in [0.29, 0.717) is 0 Å². The molecule has 0 aromatic heterocycles. The van der Waals surface area contributed by atoms with Gasteiger partial charge in [-0.15, -0.1) is 0 Å². The lowest BCUT2D eigenvalue weighted by atomic mass is 9.73. The van der Waals surface area contributed by atoms with Crippen LogP contribution in [0.1, 0.15) is 52.4 Å². The molecule has 80 valence electrons. The molecule has 3 nitrogen and oxygen atoms in total. The molecule has 0 heterocycles. The van der Waals surface area contributed by atoms with Crippen molar-refractivity contribution >= 4 is 5.97 Å². The molecular weight excluding hydrogens is 178 g/mol. The number of nitriles is 1. The quantitative estimate of drug-likeness (QED) is 0.703. The van der Waals surface area contributed by atoms with Crippen LogP contribution in [-0.4, -0.2) is 11.1 Å². The predicted molar refractivity (Wildman–Crippen MR) is 54.7 cm³/mol. The summed E-state index contributed by atoms with van der Waals surface area (Å²) >= 11 is 0. The molecule has 0 saturated heterocycles. The van der Waals surface area contributed by atoms with E-state index in [1.54, 1.807) is 0 Å². The van der Waals surface area contributed by atoms with Crippen molar-refractivity contribution in [1.82, 2.24) is 0 Å². The first-order valence-corrected chi connectivity index (χ1v) is 5.17. The third kappa shape index (κ3) is 4.86. The van der Waals surface area contributed by atoms with Crippen molar-refractivity contribution in [2.45, 2.75) is 52.4 Å². The molecule has 1 fully saturated rings. The van der Waals surface area contributed by atoms with E-state index < -0.39 is 5.97 Å². The second-order valence-corrected chi connectivity index (χ2v) is 3.83. The molecule has 3 heteroatoms. The lowest BCUT2D eigenvalue weighted by Crippen LogP contribution is -2.20. The van der Waals surface area contributed by atoms with Crippen LogP contribution in [0.25, 0.3) is 0 Å². The van der Waals surface area contributed by atoms with Crippen molar-refractivity contribution in [3.63, 3.8) is 0 Å². The molecule has 0 amide bonds. The highest BCUT2D eigenvalue weighted by molar-refractivity contribution is 5.62. The molecule has 0 radical (unpaired) electrons. The number of hydrogen-bond acceptors (Lipinski definition) is 2. The first kappa shape index (κ1) is 13.0. The lowest BCUT2D eigenvalue weighted by molar-refractivity contribution is -0.134. The normalized spacial score (nSPS) is 18.6. The Labute approximate surface area is 85.7 Å².